The number of hydrogen-bond donors (Lipinski definition) is 1. The molecular weight excluding hydrogens is 416 g/mol. The van der Waals surface area contributed by atoms with E-state index in [1.54, 1.807) is 36.4 Å². The third-order valence-electron chi connectivity index (χ3n) is 4.34. The molecule has 1 fully saturated rings. The monoisotopic (exact) mass is 434 g/mol. The minimum Gasteiger partial charge on any atom is -0.494 e. The average Bonchev–Trinajstić information content (AvgIpc) is 3.19. The number of ether oxygens (including phenoxy) is 1. The van der Waals surface area contributed by atoms with Crippen LogP contribution in [-0.2, 0) is 9.59 Å². The first kappa shape index (κ1) is 20.5. The molecule has 0 bridgehead atoms. The molecule has 156 valence electrons. The van der Waals surface area contributed by atoms with Gasteiger partial charge >= 0.3 is 6.03 Å². The largest absolute Gasteiger partial charge is 0.494 e. The van der Waals surface area contributed by atoms with Crippen LogP contribution in [0.1, 0.15) is 12.7 Å². The summed E-state index contributed by atoms with van der Waals surface area (Å²) in [5, 5.41) is 2.81. The molecule has 8 heteroatoms. The van der Waals surface area contributed by atoms with E-state index >= 15 is 0 Å². The second-order valence-corrected chi connectivity index (χ2v) is 7.54. The van der Waals surface area contributed by atoms with Crippen molar-refractivity contribution >= 4 is 41.4 Å². The Morgan fingerprint density at radius 3 is 2.61 bits per heavy atom. The van der Waals surface area contributed by atoms with Crippen molar-refractivity contribution in [2.75, 3.05) is 11.5 Å². The highest BCUT2D eigenvalue weighted by molar-refractivity contribution is 7.99. The summed E-state index contributed by atoms with van der Waals surface area (Å²) in [4.78, 5) is 39.6. The maximum atomic E-state index is 13.0. The topological polar surface area (TPSA) is 88.8 Å². The van der Waals surface area contributed by atoms with Crippen molar-refractivity contribution in [2.24, 2.45) is 0 Å². The van der Waals surface area contributed by atoms with Crippen molar-refractivity contribution in [1.82, 2.24) is 5.32 Å². The zero-order chi connectivity index (χ0) is 21.8. The third kappa shape index (κ3) is 4.54. The summed E-state index contributed by atoms with van der Waals surface area (Å²) < 4.78 is 11.2. The number of nitrogens with one attached hydrogen (secondary N) is 1. The number of benzene rings is 2. The molecule has 0 atom stereocenters. The molecule has 31 heavy (non-hydrogen) atoms. The Kier molecular flexibility index (Phi) is 5.90. The number of carbonyl (C=O) groups is 3. The van der Waals surface area contributed by atoms with E-state index in [4.69, 9.17) is 9.15 Å². The van der Waals surface area contributed by atoms with Gasteiger partial charge in [-0.1, -0.05) is 36.0 Å². The van der Waals surface area contributed by atoms with Crippen LogP contribution in [-0.4, -0.2) is 24.5 Å². The highest BCUT2D eigenvalue weighted by Gasteiger charge is 2.37. The molecule has 1 saturated heterocycles. The first-order valence-corrected chi connectivity index (χ1v) is 10.3. The predicted octanol–water partition coefficient (Wildman–Crippen LogP) is 4.50. The Labute approximate surface area is 182 Å². The molecule has 7 nitrogen and oxygen atoms in total. The molecule has 0 spiro atoms. The van der Waals surface area contributed by atoms with Crippen molar-refractivity contribution in [3.8, 4) is 5.75 Å². The van der Waals surface area contributed by atoms with Gasteiger partial charge in [0.25, 0.3) is 11.8 Å². The molecule has 1 aromatic heterocycles. The number of furan rings is 1. The molecule has 0 radical (unpaired) electrons. The Morgan fingerprint density at radius 2 is 1.84 bits per heavy atom. The van der Waals surface area contributed by atoms with Crippen molar-refractivity contribution in [3.63, 3.8) is 0 Å². The van der Waals surface area contributed by atoms with Gasteiger partial charge in [0.05, 0.1) is 12.3 Å². The van der Waals surface area contributed by atoms with E-state index in [0.717, 1.165) is 9.80 Å². The van der Waals surface area contributed by atoms with Gasteiger partial charge in [-0.2, -0.15) is 0 Å². The van der Waals surface area contributed by atoms with E-state index in [1.807, 2.05) is 37.3 Å². The standard InChI is InChI=1S/C23H18N2O5S/c1-2-29-16-8-6-7-15(13-16)25-22(27)19(21(26)24-23(25)28)14-17-11-12-20(30-17)31-18-9-4-3-5-10-18/h3-14H,2H2,1H3,(H,24,26,28)/b19-14+. The lowest BCUT2D eigenvalue weighted by molar-refractivity contribution is -0.122. The van der Waals surface area contributed by atoms with E-state index in [9.17, 15) is 14.4 Å². The van der Waals surface area contributed by atoms with Crippen LogP contribution in [0.5, 0.6) is 5.75 Å². The van der Waals surface area contributed by atoms with Gasteiger partial charge in [0, 0.05) is 11.0 Å². The Hall–Kier alpha value is -3.78. The molecule has 4 rings (SSSR count). The molecule has 0 aliphatic carbocycles. The number of carbonyl (C=O) groups excluding carboxylic acids is 3. The Morgan fingerprint density at radius 1 is 1.03 bits per heavy atom. The van der Waals surface area contributed by atoms with Crippen LogP contribution in [0, 0.1) is 0 Å². The number of nitrogens with zero attached hydrogens (tertiary/aromatic N) is 1. The molecule has 0 saturated carbocycles. The molecule has 1 N–H and O–H groups in total. The SMILES string of the molecule is CCOc1cccc(N2C(=O)NC(=O)/C(=C\c3ccc(Sc4ccccc4)o3)C2=O)c1. The fourth-order valence-electron chi connectivity index (χ4n) is 2.98. The van der Waals surface area contributed by atoms with E-state index in [-0.39, 0.29) is 5.57 Å². The second kappa shape index (κ2) is 8.93. The first-order chi connectivity index (χ1) is 15.0. The van der Waals surface area contributed by atoms with E-state index in [0.29, 0.717) is 28.9 Å². The number of anilines is 1. The van der Waals surface area contributed by atoms with Gasteiger partial charge in [-0.25, -0.2) is 9.69 Å². The number of barbiturate groups is 1. The normalized spacial score (nSPS) is 15.3. The van der Waals surface area contributed by atoms with Gasteiger partial charge in [0.2, 0.25) is 0 Å². The number of hydrogen-bond acceptors (Lipinski definition) is 6. The van der Waals surface area contributed by atoms with Crippen molar-refractivity contribution in [2.45, 2.75) is 16.9 Å². The molecule has 0 unspecified atom stereocenters. The maximum Gasteiger partial charge on any atom is 0.335 e. The fourth-order valence-corrected chi connectivity index (χ4v) is 3.78. The first-order valence-electron chi connectivity index (χ1n) is 9.52. The zero-order valence-electron chi connectivity index (χ0n) is 16.5. The van der Waals surface area contributed by atoms with Crippen LogP contribution in [0.15, 0.2) is 86.7 Å². The van der Waals surface area contributed by atoms with Crippen LogP contribution >= 0.6 is 11.8 Å². The van der Waals surface area contributed by atoms with E-state index in [2.05, 4.69) is 5.32 Å². The summed E-state index contributed by atoms with van der Waals surface area (Å²) in [6.07, 6.45) is 1.33. The molecule has 3 aromatic rings. The summed E-state index contributed by atoms with van der Waals surface area (Å²) in [5.74, 6) is -0.678. The summed E-state index contributed by atoms with van der Waals surface area (Å²) >= 11 is 1.42. The number of amides is 4. The lowest BCUT2D eigenvalue weighted by atomic mass is 10.1. The molecule has 4 amide bonds. The molecule has 2 heterocycles. The van der Waals surface area contributed by atoms with Crippen LogP contribution in [0.2, 0.25) is 0 Å². The van der Waals surface area contributed by atoms with E-state index < -0.39 is 17.8 Å². The van der Waals surface area contributed by atoms with Gasteiger partial charge in [-0.15, -0.1) is 0 Å². The fraction of sp³-hybridized carbons (Fsp3) is 0.0870. The summed E-state index contributed by atoms with van der Waals surface area (Å²) in [6.45, 7) is 2.27. The van der Waals surface area contributed by atoms with Crippen LogP contribution in [0.3, 0.4) is 0 Å². The van der Waals surface area contributed by atoms with Crippen LogP contribution < -0.4 is 15.0 Å². The number of urea groups is 1. The summed E-state index contributed by atoms with van der Waals surface area (Å²) in [6, 6.07) is 18.8. The van der Waals surface area contributed by atoms with E-state index in [1.165, 1.54) is 17.8 Å². The number of rotatable bonds is 6. The van der Waals surface area contributed by atoms with Gasteiger partial charge in [-0.05, 0) is 49.4 Å². The molecule has 1 aliphatic rings. The minimum absolute atomic E-state index is 0.202. The van der Waals surface area contributed by atoms with Crippen LogP contribution in [0.25, 0.3) is 6.08 Å². The maximum absolute atomic E-state index is 13.0. The average molecular weight is 434 g/mol. The van der Waals surface area contributed by atoms with Gasteiger partial charge in [0.15, 0.2) is 5.09 Å². The van der Waals surface area contributed by atoms with Gasteiger partial charge in [0.1, 0.15) is 17.1 Å². The molecular formula is C23H18N2O5S. The van der Waals surface area contributed by atoms with Crippen molar-refractivity contribution in [1.29, 1.82) is 0 Å². The number of imide groups is 2. The highest BCUT2D eigenvalue weighted by Crippen LogP contribution is 2.30. The second-order valence-electron chi connectivity index (χ2n) is 6.46. The molecule has 2 aromatic carbocycles. The lowest BCUT2D eigenvalue weighted by Crippen LogP contribution is -2.54. The molecule has 1 aliphatic heterocycles. The van der Waals surface area contributed by atoms with Crippen LogP contribution in [0.4, 0.5) is 10.5 Å². The predicted molar refractivity (Wildman–Crippen MR) is 116 cm³/mol. The Balaban J connectivity index is 1.60. The summed E-state index contributed by atoms with van der Waals surface area (Å²) in [7, 11) is 0. The third-order valence-corrected chi connectivity index (χ3v) is 5.27. The van der Waals surface area contributed by atoms with Crippen molar-refractivity contribution < 1.29 is 23.5 Å². The Bertz CT molecular complexity index is 1170. The smallest absolute Gasteiger partial charge is 0.335 e. The van der Waals surface area contributed by atoms with Gasteiger partial charge in [-0.3, -0.25) is 14.9 Å². The van der Waals surface area contributed by atoms with Crippen molar-refractivity contribution in [3.05, 3.63) is 78.1 Å². The zero-order valence-corrected chi connectivity index (χ0v) is 17.3. The van der Waals surface area contributed by atoms with Gasteiger partial charge < -0.3 is 9.15 Å². The quantitative estimate of drug-likeness (QED) is 0.454. The minimum atomic E-state index is -0.819. The lowest BCUT2D eigenvalue weighted by Gasteiger charge is -2.26. The summed E-state index contributed by atoms with van der Waals surface area (Å²) in [5.41, 5.74) is 0.0960. The highest BCUT2D eigenvalue weighted by atomic mass is 32.2.